The quantitative estimate of drug-likeness (QED) is 0.354. The van der Waals surface area contributed by atoms with E-state index in [1.807, 2.05) is 12.1 Å². The van der Waals surface area contributed by atoms with Gasteiger partial charge in [-0.25, -0.2) is 8.42 Å². The zero-order valence-corrected chi connectivity index (χ0v) is 18.0. The number of aliphatic imine (C=N–C) groups is 1. The molecule has 1 atom stereocenters. The van der Waals surface area contributed by atoms with Crippen molar-refractivity contribution in [2.45, 2.75) is 32.2 Å². The van der Waals surface area contributed by atoms with Gasteiger partial charge in [0.1, 0.15) is 5.75 Å². The standard InChI is InChI=1S/C17H27N3O3S.HI/c1-3-10-23-16-6-4-5-14(12-16)7-9-19-17(18-2)20-15-8-11-24(21,22)13-15;/h4-6,12,15H,3,7-11,13H2,1-2H3,(H2,18,19,20);1H. The molecular formula is C17H28IN3O3S. The maximum atomic E-state index is 11.5. The zero-order chi connectivity index (χ0) is 17.4. The molecule has 2 rings (SSSR count). The number of guanidine groups is 1. The van der Waals surface area contributed by atoms with E-state index < -0.39 is 9.84 Å². The number of benzene rings is 1. The summed E-state index contributed by atoms with van der Waals surface area (Å²) in [6, 6.07) is 8.04. The number of nitrogens with one attached hydrogen (secondary N) is 2. The van der Waals surface area contributed by atoms with Gasteiger partial charge in [0.25, 0.3) is 0 Å². The maximum absolute atomic E-state index is 11.5. The fourth-order valence-corrected chi connectivity index (χ4v) is 4.31. The normalized spacial score (nSPS) is 19.1. The summed E-state index contributed by atoms with van der Waals surface area (Å²) in [5.74, 6) is 1.99. The van der Waals surface area contributed by atoms with Crippen LogP contribution in [0.3, 0.4) is 0 Å². The largest absolute Gasteiger partial charge is 0.494 e. The molecular weight excluding hydrogens is 453 g/mol. The van der Waals surface area contributed by atoms with Crippen LogP contribution in [0.25, 0.3) is 0 Å². The van der Waals surface area contributed by atoms with Gasteiger partial charge in [-0.2, -0.15) is 0 Å². The van der Waals surface area contributed by atoms with Crippen LogP contribution in [0.5, 0.6) is 5.75 Å². The molecule has 1 unspecified atom stereocenters. The summed E-state index contributed by atoms with van der Waals surface area (Å²) in [6.07, 6.45) is 2.47. The molecule has 1 aromatic carbocycles. The number of halogens is 1. The van der Waals surface area contributed by atoms with Gasteiger partial charge in [0, 0.05) is 19.6 Å². The highest BCUT2D eigenvalue weighted by Crippen LogP contribution is 2.14. The van der Waals surface area contributed by atoms with Crippen LogP contribution in [-0.2, 0) is 16.3 Å². The summed E-state index contributed by atoms with van der Waals surface area (Å²) in [4.78, 5) is 4.16. The number of hydrogen-bond acceptors (Lipinski definition) is 4. The molecule has 1 aliphatic heterocycles. The summed E-state index contributed by atoms with van der Waals surface area (Å²) in [6.45, 7) is 3.53. The Bertz CT molecular complexity index is 665. The van der Waals surface area contributed by atoms with Crippen molar-refractivity contribution in [2.24, 2.45) is 4.99 Å². The van der Waals surface area contributed by atoms with Gasteiger partial charge in [-0.15, -0.1) is 24.0 Å². The molecule has 1 heterocycles. The molecule has 2 N–H and O–H groups in total. The molecule has 1 saturated heterocycles. The van der Waals surface area contributed by atoms with E-state index in [-0.39, 0.29) is 41.5 Å². The van der Waals surface area contributed by atoms with Gasteiger partial charge in [0.2, 0.25) is 0 Å². The van der Waals surface area contributed by atoms with Crippen molar-refractivity contribution in [1.82, 2.24) is 10.6 Å². The van der Waals surface area contributed by atoms with Crippen LogP contribution in [0, 0.1) is 0 Å². The van der Waals surface area contributed by atoms with Crippen molar-refractivity contribution in [3.05, 3.63) is 29.8 Å². The number of sulfone groups is 1. The van der Waals surface area contributed by atoms with E-state index in [0.29, 0.717) is 12.4 Å². The molecule has 142 valence electrons. The van der Waals surface area contributed by atoms with Gasteiger partial charge in [0.05, 0.1) is 18.1 Å². The minimum Gasteiger partial charge on any atom is -0.494 e. The van der Waals surface area contributed by atoms with Crippen LogP contribution in [0.1, 0.15) is 25.3 Å². The Hall–Kier alpha value is -1.03. The molecule has 1 aliphatic rings. The lowest BCUT2D eigenvalue weighted by Gasteiger charge is -2.16. The maximum Gasteiger partial charge on any atom is 0.191 e. The van der Waals surface area contributed by atoms with E-state index in [0.717, 1.165) is 31.7 Å². The highest BCUT2D eigenvalue weighted by molar-refractivity contribution is 14.0. The van der Waals surface area contributed by atoms with Gasteiger partial charge in [-0.1, -0.05) is 19.1 Å². The SMILES string of the molecule is CCCOc1cccc(CCNC(=NC)NC2CCS(=O)(=O)C2)c1.I. The van der Waals surface area contributed by atoms with Crippen LogP contribution in [0.2, 0.25) is 0 Å². The van der Waals surface area contributed by atoms with Crippen LogP contribution in [0.15, 0.2) is 29.3 Å². The summed E-state index contributed by atoms with van der Waals surface area (Å²) < 4.78 is 28.6. The van der Waals surface area contributed by atoms with Crippen molar-refractivity contribution < 1.29 is 13.2 Å². The van der Waals surface area contributed by atoms with Crippen LogP contribution in [-0.4, -0.2) is 52.1 Å². The van der Waals surface area contributed by atoms with Crippen molar-refractivity contribution in [3.63, 3.8) is 0 Å². The third kappa shape index (κ3) is 7.81. The van der Waals surface area contributed by atoms with Gasteiger partial charge < -0.3 is 15.4 Å². The summed E-state index contributed by atoms with van der Waals surface area (Å²) in [5, 5.41) is 6.42. The van der Waals surface area contributed by atoms with Crippen molar-refractivity contribution in [1.29, 1.82) is 0 Å². The minimum absolute atomic E-state index is 0. The molecule has 8 heteroatoms. The van der Waals surface area contributed by atoms with Gasteiger partial charge in [-0.3, -0.25) is 4.99 Å². The van der Waals surface area contributed by atoms with Crippen LogP contribution in [0.4, 0.5) is 0 Å². The highest BCUT2D eigenvalue weighted by Gasteiger charge is 2.28. The van der Waals surface area contributed by atoms with E-state index >= 15 is 0 Å². The lowest BCUT2D eigenvalue weighted by Crippen LogP contribution is -2.44. The Labute approximate surface area is 167 Å². The second-order valence-corrected chi connectivity index (χ2v) is 8.22. The van der Waals surface area contributed by atoms with E-state index in [9.17, 15) is 8.42 Å². The molecule has 0 amide bonds. The Morgan fingerprint density at radius 2 is 2.20 bits per heavy atom. The first-order valence-electron chi connectivity index (χ1n) is 8.42. The van der Waals surface area contributed by atoms with Gasteiger partial charge in [0.15, 0.2) is 15.8 Å². The number of ether oxygens (including phenoxy) is 1. The molecule has 0 bridgehead atoms. The fourth-order valence-electron chi connectivity index (χ4n) is 2.63. The molecule has 0 spiro atoms. The zero-order valence-electron chi connectivity index (χ0n) is 14.8. The minimum atomic E-state index is -2.88. The third-order valence-electron chi connectivity index (χ3n) is 3.87. The third-order valence-corrected chi connectivity index (χ3v) is 5.64. The first-order chi connectivity index (χ1) is 11.5. The number of hydrogen-bond donors (Lipinski definition) is 2. The van der Waals surface area contributed by atoms with Crippen molar-refractivity contribution in [3.8, 4) is 5.75 Å². The fraction of sp³-hybridized carbons (Fsp3) is 0.588. The average molecular weight is 481 g/mol. The molecule has 0 saturated carbocycles. The first-order valence-corrected chi connectivity index (χ1v) is 10.2. The van der Waals surface area contributed by atoms with E-state index in [4.69, 9.17) is 4.74 Å². The van der Waals surface area contributed by atoms with E-state index in [1.54, 1.807) is 7.05 Å². The second-order valence-electron chi connectivity index (χ2n) is 5.99. The monoisotopic (exact) mass is 481 g/mol. The lowest BCUT2D eigenvalue weighted by molar-refractivity contribution is 0.317. The molecule has 25 heavy (non-hydrogen) atoms. The summed E-state index contributed by atoms with van der Waals surface area (Å²) >= 11 is 0. The Kier molecular flexibility index (Phi) is 9.55. The molecule has 0 aromatic heterocycles. The van der Waals surface area contributed by atoms with Gasteiger partial charge >= 0.3 is 0 Å². The molecule has 1 fully saturated rings. The summed E-state index contributed by atoms with van der Waals surface area (Å²) in [7, 11) is -1.19. The van der Waals surface area contributed by atoms with Crippen LogP contribution >= 0.6 is 24.0 Å². The van der Waals surface area contributed by atoms with Crippen molar-refractivity contribution >= 4 is 39.8 Å². The average Bonchev–Trinajstić information content (AvgIpc) is 2.91. The van der Waals surface area contributed by atoms with Crippen LogP contribution < -0.4 is 15.4 Å². The molecule has 0 aliphatic carbocycles. The molecule has 0 radical (unpaired) electrons. The highest BCUT2D eigenvalue weighted by atomic mass is 127. The predicted octanol–water partition coefficient (Wildman–Crippen LogP) is 1.99. The van der Waals surface area contributed by atoms with Crippen molar-refractivity contribution in [2.75, 3.05) is 31.7 Å². The second kappa shape index (κ2) is 10.8. The van der Waals surface area contributed by atoms with E-state index in [2.05, 4.69) is 34.7 Å². The Morgan fingerprint density at radius 1 is 1.40 bits per heavy atom. The predicted molar refractivity (Wildman–Crippen MR) is 113 cm³/mol. The molecule has 6 nitrogen and oxygen atoms in total. The topological polar surface area (TPSA) is 79.8 Å². The van der Waals surface area contributed by atoms with E-state index in [1.165, 1.54) is 5.56 Å². The summed E-state index contributed by atoms with van der Waals surface area (Å²) in [5.41, 5.74) is 1.19. The van der Waals surface area contributed by atoms with Gasteiger partial charge in [-0.05, 0) is 37.0 Å². The molecule has 1 aromatic rings. The first kappa shape index (κ1) is 22.0. The lowest BCUT2D eigenvalue weighted by atomic mass is 10.1. The Balaban J connectivity index is 0.00000312. The number of rotatable bonds is 7. The number of nitrogens with zero attached hydrogens (tertiary/aromatic N) is 1. The Morgan fingerprint density at radius 3 is 2.84 bits per heavy atom. The smallest absolute Gasteiger partial charge is 0.191 e.